The van der Waals surface area contributed by atoms with Crippen LogP contribution in [-0.4, -0.2) is 46.1 Å². The molecule has 3 rings (SSSR count). The lowest BCUT2D eigenvalue weighted by atomic mass is 10.2. The minimum atomic E-state index is 0.340. The summed E-state index contributed by atoms with van der Waals surface area (Å²) in [5.41, 5.74) is 1.17. The van der Waals surface area contributed by atoms with E-state index in [2.05, 4.69) is 25.2 Å². The first-order valence-electron chi connectivity index (χ1n) is 7.19. The highest BCUT2D eigenvalue weighted by Gasteiger charge is 2.23. The van der Waals surface area contributed by atoms with Crippen molar-refractivity contribution < 1.29 is 4.74 Å². The van der Waals surface area contributed by atoms with Gasteiger partial charge >= 0.3 is 0 Å². The van der Waals surface area contributed by atoms with Crippen LogP contribution < -0.4 is 10.1 Å². The Balaban J connectivity index is 1.54. The number of halogens is 1. The summed E-state index contributed by atoms with van der Waals surface area (Å²) in [6, 6.07) is 5.92. The fourth-order valence-electron chi connectivity index (χ4n) is 2.56. The average molecular weight is 320 g/mol. The number of ether oxygens (including phenoxy) is 1. The molecule has 0 radical (unpaired) electrons. The molecule has 1 saturated heterocycles. The fraction of sp³-hybridized carbons (Fsp3) is 0.400. The number of aromatic nitrogens is 3. The first-order chi connectivity index (χ1) is 10.7. The zero-order valence-corrected chi connectivity index (χ0v) is 13.1. The Kier molecular flexibility index (Phi) is 4.70. The maximum absolute atomic E-state index is 5.81. The van der Waals surface area contributed by atoms with Gasteiger partial charge in [-0.25, -0.2) is 9.97 Å². The third-order valence-electron chi connectivity index (χ3n) is 3.64. The SMILES string of the molecule is COc1ccnc(NC2CCN(Cc3ccc(Cl)nc3)C2)n1. The average Bonchev–Trinajstić information content (AvgIpc) is 2.97. The molecule has 2 aromatic heterocycles. The number of pyridine rings is 1. The predicted molar refractivity (Wildman–Crippen MR) is 85.1 cm³/mol. The minimum Gasteiger partial charge on any atom is -0.481 e. The molecule has 0 aliphatic carbocycles. The van der Waals surface area contributed by atoms with Crippen molar-refractivity contribution in [3.63, 3.8) is 0 Å². The van der Waals surface area contributed by atoms with Gasteiger partial charge in [-0.1, -0.05) is 17.7 Å². The quantitative estimate of drug-likeness (QED) is 0.853. The van der Waals surface area contributed by atoms with Crippen LogP contribution in [0.25, 0.3) is 0 Å². The van der Waals surface area contributed by atoms with E-state index in [0.717, 1.165) is 26.1 Å². The molecule has 0 bridgehead atoms. The van der Waals surface area contributed by atoms with Crippen molar-refractivity contribution in [1.82, 2.24) is 19.9 Å². The van der Waals surface area contributed by atoms with Gasteiger partial charge in [0, 0.05) is 44.1 Å². The molecule has 7 heteroatoms. The van der Waals surface area contributed by atoms with E-state index in [9.17, 15) is 0 Å². The van der Waals surface area contributed by atoms with Crippen LogP contribution in [0.5, 0.6) is 5.88 Å². The predicted octanol–water partition coefficient (Wildman–Crippen LogP) is 2.22. The fourth-order valence-corrected chi connectivity index (χ4v) is 2.67. The molecule has 0 amide bonds. The Morgan fingerprint density at radius 1 is 1.36 bits per heavy atom. The summed E-state index contributed by atoms with van der Waals surface area (Å²) in [6.07, 6.45) is 4.58. The van der Waals surface area contributed by atoms with Crippen LogP contribution in [0.1, 0.15) is 12.0 Å². The van der Waals surface area contributed by atoms with E-state index >= 15 is 0 Å². The van der Waals surface area contributed by atoms with Crippen LogP contribution in [-0.2, 0) is 6.54 Å². The van der Waals surface area contributed by atoms with E-state index < -0.39 is 0 Å². The second-order valence-electron chi connectivity index (χ2n) is 5.28. The molecule has 2 aromatic rings. The Morgan fingerprint density at radius 2 is 2.27 bits per heavy atom. The molecule has 0 aromatic carbocycles. The second kappa shape index (κ2) is 6.89. The number of anilines is 1. The van der Waals surface area contributed by atoms with E-state index in [1.54, 1.807) is 19.4 Å². The monoisotopic (exact) mass is 319 g/mol. The van der Waals surface area contributed by atoms with Gasteiger partial charge in [0.25, 0.3) is 0 Å². The third-order valence-corrected chi connectivity index (χ3v) is 3.86. The summed E-state index contributed by atoms with van der Waals surface area (Å²) in [4.78, 5) is 15.0. The summed E-state index contributed by atoms with van der Waals surface area (Å²) in [5, 5.41) is 3.89. The molecule has 22 heavy (non-hydrogen) atoms. The van der Waals surface area contributed by atoms with Crippen molar-refractivity contribution >= 4 is 17.5 Å². The Labute approximate surface area is 134 Å². The molecule has 3 heterocycles. The summed E-state index contributed by atoms with van der Waals surface area (Å²) in [7, 11) is 1.60. The van der Waals surface area contributed by atoms with Gasteiger partial charge in [0.2, 0.25) is 11.8 Å². The Hall–Kier alpha value is -1.92. The number of likely N-dealkylation sites (tertiary alicyclic amines) is 1. The maximum atomic E-state index is 5.81. The highest BCUT2D eigenvalue weighted by Crippen LogP contribution is 2.17. The van der Waals surface area contributed by atoms with Crippen LogP contribution in [0.15, 0.2) is 30.6 Å². The number of hydrogen-bond donors (Lipinski definition) is 1. The number of methoxy groups -OCH3 is 1. The molecule has 0 spiro atoms. The highest BCUT2D eigenvalue weighted by molar-refractivity contribution is 6.29. The van der Waals surface area contributed by atoms with Gasteiger partial charge in [-0.3, -0.25) is 4.90 Å². The molecule has 1 aliphatic rings. The zero-order chi connectivity index (χ0) is 15.4. The molecule has 1 N–H and O–H groups in total. The van der Waals surface area contributed by atoms with Crippen molar-refractivity contribution in [2.75, 3.05) is 25.5 Å². The van der Waals surface area contributed by atoms with Gasteiger partial charge in [0.05, 0.1) is 7.11 Å². The number of hydrogen-bond acceptors (Lipinski definition) is 6. The molecule has 6 nitrogen and oxygen atoms in total. The van der Waals surface area contributed by atoms with E-state index in [0.29, 0.717) is 23.0 Å². The van der Waals surface area contributed by atoms with E-state index in [1.807, 2.05) is 18.3 Å². The molecular formula is C15H18ClN5O. The summed E-state index contributed by atoms with van der Waals surface area (Å²) < 4.78 is 5.11. The maximum Gasteiger partial charge on any atom is 0.226 e. The molecule has 116 valence electrons. The minimum absolute atomic E-state index is 0.340. The van der Waals surface area contributed by atoms with Crippen LogP contribution in [0.2, 0.25) is 5.15 Å². The van der Waals surface area contributed by atoms with E-state index in [1.165, 1.54) is 5.56 Å². The number of rotatable bonds is 5. The standard InChI is InChI=1S/C15H18ClN5O/c1-22-14-4-6-17-15(20-14)19-12-5-7-21(10-12)9-11-2-3-13(16)18-8-11/h2-4,6,8,12H,5,7,9-10H2,1H3,(H,17,19,20). The van der Waals surface area contributed by atoms with Crippen molar-refractivity contribution in [2.24, 2.45) is 0 Å². The van der Waals surface area contributed by atoms with Gasteiger partial charge in [0.15, 0.2) is 0 Å². The largest absolute Gasteiger partial charge is 0.481 e. The molecule has 1 atom stereocenters. The Bertz CT molecular complexity index is 622. The van der Waals surface area contributed by atoms with Gasteiger partial charge < -0.3 is 10.1 Å². The summed E-state index contributed by atoms with van der Waals surface area (Å²) >= 11 is 5.81. The van der Waals surface area contributed by atoms with Crippen molar-refractivity contribution in [1.29, 1.82) is 0 Å². The first kappa shape index (κ1) is 15.0. The first-order valence-corrected chi connectivity index (χ1v) is 7.57. The molecule has 1 unspecified atom stereocenters. The topological polar surface area (TPSA) is 63.2 Å². The van der Waals surface area contributed by atoms with Gasteiger partial charge in [-0.05, 0) is 18.1 Å². The lowest BCUT2D eigenvalue weighted by Gasteiger charge is -2.16. The van der Waals surface area contributed by atoms with Crippen LogP contribution in [0.4, 0.5) is 5.95 Å². The van der Waals surface area contributed by atoms with Crippen molar-refractivity contribution in [3.8, 4) is 5.88 Å². The normalized spacial score (nSPS) is 18.4. The number of nitrogens with one attached hydrogen (secondary N) is 1. The van der Waals surface area contributed by atoms with E-state index in [-0.39, 0.29) is 0 Å². The molecular weight excluding hydrogens is 302 g/mol. The smallest absolute Gasteiger partial charge is 0.226 e. The zero-order valence-electron chi connectivity index (χ0n) is 12.4. The molecule has 1 fully saturated rings. The molecule has 0 saturated carbocycles. The second-order valence-corrected chi connectivity index (χ2v) is 5.66. The van der Waals surface area contributed by atoms with E-state index in [4.69, 9.17) is 16.3 Å². The third kappa shape index (κ3) is 3.84. The lowest BCUT2D eigenvalue weighted by Crippen LogP contribution is -2.26. The van der Waals surface area contributed by atoms with Crippen LogP contribution >= 0.6 is 11.6 Å². The van der Waals surface area contributed by atoms with Crippen LogP contribution in [0.3, 0.4) is 0 Å². The lowest BCUT2D eigenvalue weighted by molar-refractivity contribution is 0.328. The van der Waals surface area contributed by atoms with Crippen molar-refractivity contribution in [2.45, 2.75) is 19.0 Å². The summed E-state index contributed by atoms with van der Waals surface area (Å²) in [6.45, 7) is 2.86. The number of nitrogens with zero attached hydrogens (tertiary/aromatic N) is 4. The highest BCUT2D eigenvalue weighted by atomic mass is 35.5. The molecule has 1 aliphatic heterocycles. The van der Waals surface area contributed by atoms with Gasteiger partial charge in [-0.15, -0.1) is 0 Å². The van der Waals surface area contributed by atoms with Crippen LogP contribution in [0, 0.1) is 0 Å². The Morgan fingerprint density at radius 3 is 3.05 bits per heavy atom. The van der Waals surface area contributed by atoms with Crippen molar-refractivity contribution in [3.05, 3.63) is 41.3 Å². The summed E-state index contributed by atoms with van der Waals surface area (Å²) in [5.74, 6) is 1.18. The van der Waals surface area contributed by atoms with Gasteiger partial charge in [0.1, 0.15) is 5.15 Å². The van der Waals surface area contributed by atoms with Gasteiger partial charge in [-0.2, -0.15) is 4.98 Å².